The number of aliphatic hydroxyl groups excluding tert-OH is 1. The van der Waals surface area contributed by atoms with E-state index in [-0.39, 0.29) is 24.1 Å². The maximum Gasteiger partial charge on any atom is 0.208 e. The van der Waals surface area contributed by atoms with Crippen molar-refractivity contribution < 1.29 is 23.4 Å². The van der Waals surface area contributed by atoms with Gasteiger partial charge in [0.25, 0.3) is 0 Å². The van der Waals surface area contributed by atoms with Crippen molar-refractivity contribution in [2.24, 2.45) is 0 Å². The molecule has 1 aromatic carbocycles. The second kappa shape index (κ2) is 4.97. The van der Waals surface area contributed by atoms with Gasteiger partial charge in [-0.3, -0.25) is 0 Å². The lowest BCUT2D eigenvalue weighted by Gasteiger charge is -2.26. The summed E-state index contributed by atoms with van der Waals surface area (Å²) in [5, 5.41) is 9.17. The molecule has 2 rings (SSSR count). The van der Waals surface area contributed by atoms with Crippen molar-refractivity contribution in [1.29, 1.82) is 0 Å². The molecule has 1 heterocycles. The predicted molar refractivity (Wildman–Crippen MR) is 59.7 cm³/mol. The molecule has 0 saturated carbocycles. The van der Waals surface area contributed by atoms with Gasteiger partial charge in [0.05, 0.1) is 18.5 Å². The largest absolute Gasteiger partial charge is 0.394 e. The van der Waals surface area contributed by atoms with Gasteiger partial charge in [0.15, 0.2) is 0 Å². The molecule has 17 heavy (non-hydrogen) atoms. The topological polar surface area (TPSA) is 38.7 Å². The number of rotatable bonds is 3. The summed E-state index contributed by atoms with van der Waals surface area (Å²) in [7, 11) is 0. The first-order valence-electron chi connectivity index (χ1n) is 5.05. The van der Waals surface area contributed by atoms with Crippen molar-refractivity contribution in [1.82, 2.24) is 0 Å². The number of alkyl halides is 1. The molecule has 0 amide bonds. The van der Waals surface area contributed by atoms with Crippen LogP contribution in [0, 0.1) is 11.6 Å². The molecule has 0 radical (unpaired) electrons. The maximum atomic E-state index is 13.7. The Balaban J connectivity index is 2.35. The van der Waals surface area contributed by atoms with Gasteiger partial charge in [-0.25, -0.2) is 8.78 Å². The molecule has 1 aliphatic heterocycles. The predicted octanol–water partition coefficient (Wildman–Crippen LogP) is 1.92. The summed E-state index contributed by atoms with van der Waals surface area (Å²) >= 11 is 3.19. The van der Waals surface area contributed by atoms with E-state index in [0.717, 1.165) is 12.1 Å². The summed E-state index contributed by atoms with van der Waals surface area (Å²) < 4.78 is 37.4. The molecule has 6 heteroatoms. The molecule has 1 aromatic rings. The molecule has 94 valence electrons. The molecule has 3 nitrogen and oxygen atoms in total. The molecule has 0 spiro atoms. The molecule has 0 aliphatic carbocycles. The average molecular weight is 309 g/mol. The minimum atomic E-state index is -1.30. The Bertz CT molecular complexity index is 416. The first-order chi connectivity index (χ1) is 8.11. The van der Waals surface area contributed by atoms with Crippen LogP contribution in [0.2, 0.25) is 0 Å². The zero-order valence-electron chi connectivity index (χ0n) is 8.83. The minimum absolute atomic E-state index is 0.117. The van der Waals surface area contributed by atoms with Crippen LogP contribution in [0.5, 0.6) is 0 Å². The molecule has 0 aromatic heterocycles. The van der Waals surface area contributed by atoms with Gasteiger partial charge in [-0.1, -0.05) is 15.9 Å². The van der Waals surface area contributed by atoms with Crippen LogP contribution in [0.1, 0.15) is 5.56 Å². The third kappa shape index (κ3) is 2.35. The summed E-state index contributed by atoms with van der Waals surface area (Å²) in [5.41, 5.74) is 0.117. The number of benzene rings is 1. The zero-order chi connectivity index (χ0) is 12.5. The molecule has 0 bridgehead atoms. The van der Waals surface area contributed by atoms with Crippen molar-refractivity contribution in [2.45, 2.75) is 11.9 Å². The number of hydrogen-bond donors (Lipinski definition) is 1. The van der Waals surface area contributed by atoms with Crippen LogP contribution in [0.25, 0.3) is 0 Å². The van der Waals surface area contributed by atoms with Gasteiger partial charge in [0.1, 0.15) is 17.7 Å². The van der Waals surface area contributed by atoms with Gasteiger partial charge in [-0.05, 0) is 12.1 Å². The Morgan fingerprint density at radius 1 is 1.47 bits per heavy atom. The van der Waals surface area contributed by atoms with Crippen molar-refractivity contribution in [3.63, 3.8) is 0 Å². The van der Waals surface area contributed by atoms with E-state index in [1.54, 1.807) is 0 Å². The van der Waals surface area contributed by atoms with Crippen molar-refractivity contribution in [3.8, 4) is 0 Å². The molecule has 1 saturated heterocycles. The standard InChI is InChI=1S/C11H11BrF2O3/c12-6-11(16-5-8(4-15)17-11)9-2-1-7(13)3-10(9)14/h1-3,8,15H,4-6H2. The Labute approximate surface area is 105 Å². The van der Waals surface area contributed by atoms with Gasteiger partial charge in [-0.2, -0.15) is 0 Å². The van der Waals surface area contributed by atoms with Crippen LogP contribution in [-0.2, 0) is 15.3 Å². The first-order valence-corrected chi connectivity index (χ1v) is 6.17. The van der Waals surface area contributed by atoms with Crippen LogP contribution in [0.15, 0.2) is 18.2 Å². The van der Waals surface area contributed by atoms with Crippen molar-refractivity contribution >= 4 is 15.9 Å². The quantitative estimate of drug-likeness (QED) is 0.867. The van der Waals surface area contributed by atoms with Gasteiger partial charge < -0.3 is 14.6 Å². The monoisotopic (exact) mass is 308 g/mol. The van der Waals surface area contributed by atoms with E-state index in [0.29, 0.717) is 0 Å². The fraction of sp³-hybridized carbons (Fsp3) is 0.455. The van der Waals surface area contributed by atoms with E-state index in [9.17, 15) is 8.78 Å². The number of hydrogen-bond acceptors (Lipinski definition) is 3. The van der Waals surface area contributed by atoms with Crippen LogP contribution < -0.4 is 0 Å². The normalized spacial score (nSPS) is 28.6. The number of halogens is 3. The third-order valence-corrected chi connectivity index (χ3v) is 3.32. The van der Waals surface area contributed by atoms with Gasteiger partial charge >= 0.3 is 0 Å². The zero-order valence-corrected chi connectivity index (χ0v) is 10.4. The summed E-state index contributed by atoms with van der Waals surface area (Å²) in [6, 6.07) is 3.20. The third-order valence-electron chi connectivity index (χ3n) is 2.58. The van der Waals surface area contributed by atoms with Crippen LogP contribution >= 0.6 is 15.9 Å². The van der Waals surface area contributed by atoms with E-state index >= 15 is 0 Å². The highest BCUT2D eigenvalue weighted by Crippen LogP contribution is 2.37. The summed E-state index contributed by atoms with van der Waals surface area (Å²) in [4.78, 5) is 0. The Morgan fingerprint density at radius 3 is 2.76 bits per heavy atom. The van der Waals surface area contributed by atoms with E-state index in [1.165, 1.54) is 6.07 Å². The van der Waals surface area contributed by atoms with E-state index < -0.39 is 23.5 Å². The van der Waals surface area contributed by atoms with Crippen molar-refractivity contribution in [2.75, 3.05) is 18.5 Å². The van der Waals surface area contributed by atoms with Crippen LogP contribution in [0.4, 0.5) is 8.78 Å². The smallest absolute Gasteiger partial charge is 0.208 e. The van der Waals surface area contributed by atoms with Crippen LogP contribution in [-0.4, -0.2) is 29.8 Å². The minimum Gasteiger partial charge on any atom is -0.394 e. The molecule has 2 unspecified atom stereocenters. The summed E-state index contributed by atoms with van der Waals surface area (Å²) in [6.45, 7) is -0.0452. The molecule has 2 atom stereocenters. The summed E-state index contributed by atoms with van der Waals surface area (Å²) in [5.74, 6) is -2.69. The average Bonchev–Trinajstić information content (AvgIpc) is 2.74. The van der Waals surface area contributed by atoms with Gasteiger partial charge in [0, 0.05) is 11.6 Å². The molecular formula is C11H11BrF2O3. The van der Waals surface area contributed by atoms with E-state index in [2.05, 4.69) is 15.9 Å². The lowest BCUT2D eigenvalue weighted by atomic mass is 10.1. The lowest BCUT2D eigenvalue weighted by molar-refractivity contribution is -0.162. The maximum absolute atomic E-state index is 13.7. The Kier molecular flexibility index (Phi) is 3.77. The number of ether oxygens (including phenoxy) is 2. The fourth-order valence-corrected chi connectivity index (χ4v) is 2.33. The SMILES string of the molecule is OCC1COC(CBr)(c2ccc(F)cc2F)O1. The summed E-state index contributed by atoms with van der Waals surface area (Å²) in [6.07, 6.45) is -0.503. The second-order valence-electron chi connectivity index (χ2n) is 3.74. The fourth-order valence-electron chi connectivity index (χ4n) is 1.74. The van der Waals surface area contributed by atoms with E-state index in [1.807, 2.05) is 0 Å². The second-order valence-corrected chi connectivity index (χ2v) is 4.30. The first kappa shape index (κ1) is 12.9. The van der Waals surface area contributed by atoms with Crippen LogP contribution in [0.3, 0.4) is 0 Å². The highest BCUT2D eigenvalue weighted by atomic mass is 79.9. The van der Waals surface area contributed by atoms with Gasteiger partial charge in [0.2, 0.25) is 5.79 Å². The van der Waals surface area contributed by atoms with E-state index in [4.69, 9.17) is 14.6 Å². The molecule has 1 N–H and O–H groups in total. The van der Waals surface area contributed by atoms with Gasteiger partial charge in [-0.15, -0.1) is 0 Å². The Morgan fingerprint density at radius 2 is 2.24 bits per heavy atom. The Hall–Kier alpha value is -0.560. The molecule has 1 fully saturated rings. The highest BCUT2D eigenvalue weighted by molar-refractivity contribution is 9.09. The number of aliphatic hydroxyl groups is 1. The highest BCUT2D eigenvalue weighted by Gasteiger charge is 2.44. The molecule has 1 aliphatic rings. The molecular weight excluding hydrogens is 298 g/mol. The lowest BCUT2D eigenvalue weighted by Crippen LogP contribution is -2.31. The van der Waals surface area contributed by atoms with Crippen molar-refractivity contribution in [3.05, 3.63) is 35.4 Å².